The molecule has 2 N–H and O–H groups in total. The van der Waals surface area contributed by atoms with Crippen molar-refractivity contribution in [3.8, 4) is 11.5 Å². The summed E-state index contributed by atoms with van der Waals surface area (Å²) in [7, 11) is 2.98. The van der Waals surface area contributed by atoms with E-state index in [1.807, 2.05) is 18.2 Å². The minimum Gasteiger partial charge on any atom is -0.496 e. The Morgan fingerprint density at radius 1 is 1.00 bits per heavy atom. The highest BCUT2D eigenvalue weighted by molar-refractivity contribution is 6.11. The number of nitrogens with one attached hydrogen (secondary N) is 1. The Labute approximate surface area is 194 Å². The second-order valence-electron chi connectivity index (χ2n) is 9.84. The van der Waals surface area contributed by atoms with Crippen LogP contribution in [0.15, 0.2) is 42.5 Å². The topological polar surface area (TPSA) is 84.9 Å². The molecule has 6 nitrogen and oxygen atoms in total. The van der Waals surface area contributed by atoms with Gasteiger partial charge in [0.1, 0.15) is 17.1 Å². The van der Waals surface area contributed by atoms with Crippen molar-refractivity contribution < 1.29 is 24.2 Å². The van der Waals surface area contributed by atoms with Crippen molar-refractivity contribution >= 4 is 11.7 Å². The lowest BCUT2D eigenvalue weighted by Crippen LogP contribution is -2.47. The van der Waals surface area contributed by atoms with Crippen molar-refractivity contribution in [1.82, 2.24) is 5.32 Å². The van der Waals surface area contributed by atoms with Gasteiger partial charge in [-0.25, -0.2) is 0 Å². The molecule has 0 heterocycles. The van der Waals surface area contributed by atoms with E-state index in [0.29, 0.717) is 45.9 Å². The van der Waals surface area contributed by atoms with E-state index in [1.54, 1.807) is 24.3 Å². The molecule has 3 aliphatic carbocycles. The van der Waals surface area contributed by atoms with E-state index in [1.165, 1.54) is 14.2 Å². The highest BCUT2D eigenvalue weighted by Gasteiger charge is 2.55. The first-order valence-electron chi connectivity index (χ1n) is 11.8. The van der Waals surface area contributed by atoms with E-state index in [0.717, 1.165) is 38.5 Å². The normalized spacial score (nSPS) is 29.9. The molecule has 5 atom stereocenters. The summed E-state index contributed by atoms with van der Waals surface area (Å²) in [6.45, 7) is 0. The number of carbonyl (C=O) groups excluding carboxylic acids is 2. The third kappa shape index (κ3) is 3.80. The lowest BCUT2D eigenvalue weighted by Gasteiger charge is -2.37. The largest absolute Gasteiger partial charge is 0.496 e. The Bertz CT molecular complexity index is 1040. The first-order chi connectivity index (χ1) is 15.9. The molecule has 0 radical (unpaired) electrons. The van der Waals surface area contributed by atoms with Crippen LogP contribution in [0.2, 0.25) is 0 Å². The number of methoxy groups -OCH3 is 2. The van der Waals surface area contributed by atoms with Crippen LogP contribution >= 0.6 is 0 Å². The van der Waals surface area contributed by atoms with E-state index >= 15 is 0 Å². The molecule has 0 spiro atoms. The molecule has 5 rings (SSSR count). The van der Waals surface area contributed by atoms with E-state index in [-0.39, 0.29) is 17.7 Å². The van der Waals surface area contributed by atoms with Crippen LogP contribution in [0.1, 0.15) is 64.8 Å². The third-order valence-corrected chi connectivity index (χ3v) is 8.08. The number of hydrogen-bond donors (Lipinski definition) is 2. The number of carbonyl (C=O) groups is 2. The zero-order valence-corrected chi connectivity index (χ0v) is 19.2. The molecule has 2 aromatic carbocycles. The van der Waals surface area contributed by atoms with E-state index in [4.69, 9.17) is 9.47 Å². The first-order valence-corrected chi connectivity index (χ1v) is 11.8. The van der Waals surface area contributed by atoms with Gasteiger partial charge in [0.2, 0.25) is 0 Å². The maximum atomic E-state index is 13.5. The van der Waals surface area contributed by atoms with Gasteiger partial charge in [-0.15, -0.1) is 0 Å². The molecular weight excluding hydrogens is 418 g/mol. The van der Waals surface area contributed by atoms with Gasteiger partial charge in [0, 0.05) is 17.2 Å². The van der Waals surface area contributed by atoms with Gasteiger partial charge in [-0.05, 0) is 62.0 Å². The number of benzene rings is 2. The number of hydrogen-bond acceptors (Lipinski definition) is 5. The van der Waals surface area contributed by atoms with Crippen molar-refractivity contribution in [2.45, 2.75) is 50.2 Å². The molecule has 3 fully saturated rings. The Hall–Kier alpha value is -2.86. The van der Waals surface area contributed by atoms with E-state index in [2.05, 4.69) is 5.32 Å². The average molecular weight is 450 g/mol. The predicted octanol–water partition coefficient (Wildman–Crippen LogP) is 3.99. The number of ether oxygens (including phenoxy) is 2. The van der Waals surface area contributed by atoms with Gasteiger partial charge in [0.05, 0.1) is 19.8 Å². The molecule has 6 heteroatoms. The van der Waals surface area contributed by atoms with Gasteiger partial charge in [-0.1, -0.05) is 36.8 Å². The maximum Gasteiger partial charge on any atom is 0.259 e. The Kier molecular flexibility index (Phi) is 5.65. The van der Waals surface area contributed by atoms with Gasteiger partial charge in [0.15, 0.2) is 5.78 Å². The minimum absolute atomic E-state index is 0.0307. The van der Waals surface area contributed by atoms with Crippen LogP contribution in [-0.4, -0.2) is 42.7 Å². The van der Waals surface area contributed by atoms with Crippen LogP contribution in [-0.2, 0) is 0 Å². The van der Waals surface area contributed by atoms with Gasteiger partial charge >= 0.3 is 0 Å². The zero-order valence-electron chi connectivity index (χ0n) is 19.2. The second kappa shape index (κ2) is 8.49. The minimum atomic E-state index is -0.562. The molecule has 0 aliphatic heterocycles. The highest BCUT2D eigenvalue weighted by Crippen LogP contribution is 2.55. The monoisotopic (exact) mass is 449 g/mol. The third-order valence-electron chi connectivity index (χ3n) is 8.08. The number of ketones is 1. The van der Waals surface area contributed by atoms with Crippen molar-refractivity contribution in [2.24, 2.45) is 17.8 Å². The Balaban J connectivity index is 1.44. The summed E-state index contributed by atoms with van der Waals surface area (Å²) in [6.07, 6.45) is 5.61. The van der Waals surface area contributed by atoms with Crippen molar-refractivity contribution in [1.29, 1.82) is 0 Å². The molecule has 3 aliphatic rings. The zero-order chi connectivity index (χ0) is 23.2. The molecule has 2 aromatic rings. The van der Waals surface area contributed by atoms with E-state index in [9.17, 15) is 14.7 Å². The number of fused-ring (bicyclic) bond motifs is 2. The molecule has 174 valence electrons. The van der Waals surface area contributed by atoms with Gasteiger partial charge in [0.25, 0.3) is 5.91 Å². The fourth-order valence-corrected chi connectivity index (χ4v) is 6.53. The van der Waals surface area contributed by atoms with Gasteiger partial charge in [-0.2, -0.15) is 0 Å². The summed E-state index contributed by atoms with van der Waals surface area (Å²) >= 11 is 0. The van der Waals surface area contributed by atoms with Crippen molar-refractivity contribution in [3.05, 3.63) is 59.2 Å². The standard InChI is InChI=1S/C27H31NO5/c1-32-21-13-18(25(29)16-7-4-3-5-8-16)14-22(33-2)23(21)26(30)28-24-17-9-6-10-27(31)15-19(24)12-20(27)11-17/h3-5,7-8,13-14,17,19-20,24,31H,6,9-12,15H2,1-2H3,(H,28,30)/t17?,19?,20?,24-,27+/m0/s1. The van der Waals surface area contributed by atoms with Gasteiger partial charge < -0.3 is 19.9 Å². The quantitative estimate of drug-likeness (QED) is 0.652. The van der Waals surface area contributed by atoms with Crippen LogP contribution in [0.3, 0.4) is 0 Å². The van der Waals surface area contributed by atoms with Gasteiger partial charge in [-0.3, -0.25) is 9.59 Å². The average Bonchev–Trinajstić information content (AvgIpc) is 3.03. The molecule has 1 amide bonds. The molecule has 3 unspecified atom stereocenters. The van der Waals surface area contributed by atoms with Crippen LogP contribution in [0.25, 0.3) is 0 Å². The SMILES string of the molecule is COc1cc(C(=O)c2ccccc2)cc(OC)c1C(=O)N[C@H]1C2CCC[C@@]3(O)CC1CC3C2. The lowest BCUT2D eigenvalue weighted by atomic mass is 9.75. The number of rotatable bonds is 6. The first kappa shape index (κ1) is 22.0. The summed E-state index contributed by atoms with van der Waals surface area (Å²) in [5, 5.41) is 14.4. The summed E-state index contributed by atoms with van der Waals surface area (Å²) in [6, 6.07) is 12.2. The van der Waals surface area contributed by atoms with Crippen molar-refractivity contribution in [2.75, 3.05) is 14.2 Å². The molecular formula is C27H31NO5. The fourth-order valence-electron chi connectivity index (χ4n) is 6.53. The predicted molar refractivity (Wildman–Crippen MR) is 124 cm³/mol. The summed E-state index contributed by atoms with van der Waals surface area (Å²) in [5.74, 6) is 1.23. The highest BCUT2D eigenvalue weighted by atomic mass is 16.5. The Morgan fingerprint density at radius 2 is 1.67 bits per heavy atom. The summed E-state index contributed by atoms with van der Waals surface area (Å²) < 4.78 is 11.1. The molecule has 3 saturated carbocycles. The van der Waals surface area contributed by atoms with Crippen LogP contribution in [0.5, 0.6) is 11.5 Å². The van der Waals surface area contributed by atoms with Crippen molar-refractivity contribution in [3.63, 3.8) is 0 Å². The van der Waals surface area contributed by atoms with Crippen LogP contribution < -0.4 is 14.8 Å². The summed E-state index contributed by atoms with van der Waals surface area (Å²) in [5.41, 5.74) is 0.700. The van der Waals surface area contributed by atoms with Crippen LogP contribution in [0, 0.1) is 17.8 Å². The number of aliphatic hydroxyl groups is 1. The Morgan fingerprint density at radius 3 is 2.33 bits per heavy atom. The smallest absolute Gasteiger partial charge is 0.259 e. The molecule has 33 heavy (non-hydrogen) atoms. The van der Waals surface area contributed by atoms with E-state index < -0.39 is 5.60 Å². The summed E-state index contributed by atoms with van der Waals surface area (Å²) in [4.78, 5) is 26.5. The molecule has 0 saturated heterocycles. The van der Waals surface area contributed by atoms with Crippen LogP contribution in [0.4, 0.5) is 0 Å². The maximum absolute atomic E-state index is 13.5. The lowest BCUT2D eigenvalue weighted by molar-refractivity contribution is -0.00376. The second-order valence-corrected chi connectivity index (χ2v) is 9.84. The fraction of sp³-hybridized carbons (Fsp3) is 0.481. The number of amides is 1. The molecule has 0 aromatic heterocycles. The molecule has 3 bridgehead atoms.